The van der Waals surface area contributed by atoms with Crippen LogP contribution in [0.3, 0.4) is 0 Å². The van der Waals surface area contributed by atoms with Gasteiger partial charge in [-0.15, -0.1) is 11.3 Å². The summed E-state index contributed by atoms with van der Waals surface area (Å²) in [4.78, 5) is 22.1. The Morgan fingerprint density at radius 2 is 2.02 bits per heavy atom. The Balaban J connectivity index is 1.41. The highest BCUT2D eigenvalue weighted by atomic mass is 79.9. The molecule has 0 amide bonds. The van der Waals surface area contributed by atoms with E-state index in [2.05, 4.69) is 31.0 Å². The van der Waals surface area contributed by atoms with Crippen molar-refractivity contribution in [2.24, 2.45) is 0 Å². The Morgan fingerprint density at radius 1 is 1.23 bits per heavy atom. The van der Waals surface area contributed by atoms with Gasteiger partial charge >= 0.3 is 6.18 Å². The van der Waals surface area contributed by atoms with E-state index in [1.807, 2.05) is 0 Å². The Hall–Kier alpha value is -3.78. The average molecular weight is 640 g/mol. The zero-order chi connectivity index (χ0) is 29.3. The Kier molecular flexibility index (Phi) is 7.52. The maximum atomic E-state index is 13.5. The number of ether oxygens (including phenoxy) is 2. The number of carbonyl (C=O) groups is 1. The first-order chi connectivity index (χ1) is 19.5. The number of rotatable bonds is 10. The quantitative estimate of drug-likeness (QED) is 0.156. The number of alkyl halides is 3. The van der Waals surface area contributed by atoms with Gasteiger partial charge in [0, 0.05) is 20.0 Å². The standard InChI is InChI=1S/C26H19BrF4N4O4S/c1-14(36)19(39-24-21-22(27)23(18-6-7-20(28)38-18)40-25(21)33-13-32-24)10-15-4-2-3-5-17(15)37-11-16-8-9-34-35(16)12-26(29,30)31/h2-9,13,19H,10-12H2,1H3/t19-/m1/s1/i10D/t10-,19+/m0. The van der Waals surface area contributed by atoms with E-state index in [-0.39, 0.29) is 35.3 Å². The predicted octanol–water partition coefficient (Wildman–Crippen LogP) is 6.77. The number of nitrogens with zero attached hydrogens (tertiary/aromatic N) is 4. The van der Waals surface area contributed by atoms with Gasteiger partial charge in [0.2, 0.25) is 5.88 Å². The van der Waals surface area contributed by atoms with E-state index in [0.29, 0.717) is 19.6 Å². The van der Waals surface area contributed by atoms with Crippen LogP contribution in [-0.2, 0) is 24.3 Å². The fourth-order valence-electron chi connectivity index (χ4n) is 3.77. The minimum atomic E-state index is -4.46. The molecule has 0 N–H and O–H groups in total. The van der Waals surface area contributed by atoms with Crippen molar-refractivity contribution < 1.29 is 37.6 Å². The third-order valence-corrected chi connectivity index (χ3v) is 7.76. The highest BCUT2D eigenvalue weighted by Gasteiger charge is 2.29. The summed E-state index contributed by atoms with van der Waals surface area (Å²) < 4.78 is 79.2. The molecule has 0 spiro atoms. The van der Waals surface area contributed by atoms with Crippen molar-refractivity contribution in [2.45, 2.75) is 38.8 Å². The molecule has 0 aliphatic rings. The van der Waals surface area contributed by atoms with Crippen LogP contribution in [0.25, 0.3) is 20.9 Å². The molecule has 0 aliphatic heterocycles. The van der Waals surface area contributed by atoms with Crippen molar-refractivity contribution in [3.8, 4) is 22.3 Å². The molecule has 0 radical (unpaired) electrons. The maximum absolute atomic E-state index is 13.5. The van der Waals surface area contributed by atoms with Gasteiger partial charge in [-0.25, -0.2) is 9.97 Å². The number of halogens is 5. The van der Waals surface area contributed by atoms with Crippen molar-refractivity contribution in [1.82, 2.24) is 19.7 Å². The first-order valence-electron chi connectivity index (χ1n) is 12.2. The van der Waals surface area contributed by atoms with E-state index in [1.54, 1.807) is 24.3 Å². The molecule has 4 heterocycles. The number of aromatic nitrogens is 4. The summed E-state index contributed by atoms with van der Waals surface area (Å²) in [5.74, 6) is -0.0148. The van der Waals surface area contributed by atoms with Gasteiger partial charge in [-0.3, -0.25) is 9.48 Å². The lowest BCUT2D eigenvalue weighted by Gasteiger charge is -2.19. The van der Waals surface area contributed by atoms with Gasteiger partial charge in [0.1, 0.15) is 35.8 Å². The number of Topliss-reactive ketones (excluding diaryl/α,β-unsaturated/α-hetero) is 1. The van der Waals surface area contributed by atoms with Crippen LogP contribution in [0.5, 0.6) is 11.6 Å². The van der Waals surface area contributed by atoms with Crippen LogP contribution >= 0.6 is 27.3 Å². The van der Waals surface area contributed by atoms with Gasteiger partial charge in [-0.05, 0) is 46.6 Å². The molecule has 4 aromatic heterocycles. The molecule has 208 valence electrons. The number of furan rings is 1. The van der Waals surface area contributed by atoms with Crippen LogP contribution in [-0.4, -0.2) is 37.8 Å². The van der Waals surface area contributed by atoms with Gasteiger partial charge in [0.15, 0.2) is 11.9 Å². The van der Waals surface area contributed by atoms with Crippen LogP contribution in [0.15, 0.2) is 63.9 Å². The molecule has 0 saturated heterocycles. The number of para-hydroxylation sites is 1. The number of carbonyl (C=O) groups excluding carboxylic acids is 1. The Labute approximate surface area is 238 Å². The summed E-state index contributed by atoms with van der Waals surface area (Å²) >= 11 is 4.66. The van der Waals surface area contributed by atoms with Crippen LogP contribution < -0.4 is 9.47 Å². The highest BCUT2D eigenvalue weighted by Crippen LogP contribution is 2.45. The van der Waals surface area contributed by atoms with Gasteiger partial charge in [0.25, 0.3) is 6.01 Å². The van der Waals surface area contributed by atoms with Gasteiger partial charge in [-0.1, -0.05) is 18.2 Å². The van der Waals surface area contributed by atoms with E-state index >= 15 is 0 Å². The summed E-state index contributed by atoms with van der Waals surface area (Å²) in [5.41, 5.74) is 0.451. The third kappa shape index (κ3) is 6.17. The largest absolute Gasteiger partial charge is 0.487 e. The molecule has 0 unspecified atom stereocenters. The number of ketones is 1. The van der Waals surface area contributed by atoms with Crippen LogP contribution in [0.1, 0.15) is 19.6 Å². The average Bonchev–Trinajstić information content (AvgIpc) is 3.63. The zero-order valence-corrected chi connectivity index (χ0v) is 22.9. The summed E-state index contributed by atoms with van der Waals surface area (Å²) in [7, 11) is 0. The second-order valence-electron chi connectivity index (χ2n) is 8.45. The lowest BCUT2D eigenvalue weighted by molar-refractivity contribution is -0.143. The minimum Gasteiger partial charge on any atom is -0.487 e. The molecule has 5 rings (SSSR count). The van der Waals surface area contributed by atoms with Crippen LogP contribution in [0, 0.1) is 6.01 Å². The molecule has 0 bridgehead atoms. The summed E-state index contributed by atoms with van der Waals surface area (Å²) in [6.07, 6.45) is -4.63. The van der Waals surface area contributed by atoms with Crippen LogP contribution in [0.4, 0.5) is 17.6 Å². The Morgan fingerprint density at radius 3 is 2.75 bits per heavy atom. The highest BCUT2D eigenvalue weighted by molar-refractivity contribution is 9.10. The lowest BCUT2D eigenvalue weighted by atomic mass is 10.0. The summed E-state index contributed by atoms with van der Waals surface area (Å²) in [6.45, 7) is -0.261. The van der Waals surface area contributed by atoms with E-state index in [0.717, 1.165) is 4.68 Å². The normalized spacial score (nSPS) is 13.7. The molecule has 0 fully saturated rings. The molecule has 1 aromatic carbocycles. The summed E-state index contributed by atoms with van der Waals surface area (Å²) in [5, 5.41) is 4.11. The van der Waals surface area contributed by atoms with Crippen molar-refractivity contribution in [3.63, 3.8) is 0 Å². The first-order valence-corrected chi connectivity index (χ1v) is 13.2. The van der Waals surface area contributed by atoms with Gasteiger partial charge in [0.05, 0.1) is 20.4 Å². The number of thiophene rings is 1. The molecular weight excluding hydrogens is 620 g/mol. The maximum Gasteiger partial charge on any atom is 0.408 e. The number of benzene rings is 1. The second kappa shape index (κ2) is 11.4. The smallest absolute Gasteiger partial charge is 0.408 e. The molecule has 0 aliphatic carbocycles. The van der Waals surface area contributed by atoms with E-state index in [9.17, 15) is 22.4 Å². The molecule has 14 heteroatoms. The van der Waals surface area contributed by atoms with Gasteiger partial charge in [-0.2, -0.15) is 22.7 Å². The van der Waals surface area contributed by atoms with Crippen molar-refractivity contribution in [2.75, 3.05) is 0 Å². The molecular formula is C26H19BrF4N4O4S. The number of fused-ring (bicyclic) bond motifs is 1. The van der Waals surface area contributed by atoms with Crippen molar-refractivity contribution in [1.29, 1.82) is 0 Å². The van der Waals surface area contributed by atoms with Crippen molar-refractivity contribution >= 4 is 43.3 Å². The molecule has 2 atom stereocenters. The fourth-order valence-corrected chi connectivity index (χ4v) is 5.69. The second-order valence-corrected chi connectivity index (χ2v) is 10.2. The van der Waals surface area contributed by atoms with E-state index in [1.165, 1.54) is 49.0 Å². The fraction of sp³-hybridized carbons (Fsp3) is 0.231. The monoisotopic (exact) mass is 639 g/mol. The van der Waals surface area contributed by atoms with Crippen molar-refractivity contribution in [3.05, 3.63) is 76.7 Å². The Bertz CT molecular complexity index is 1710. The SMILES string of the molecule is [2H][C@@H](c1ccccc1OCc1ccnn1CC(F)(F)F)[C@@H](Oc1ncnc2sc(-c3ccc(F)o3)c(Br)c12)C(C)=O. The molecule has 8 nitrogen and oxygen atoms in total. The van der Waals surface area contributed by atoms with Crippen LogP contribution in [0.2, 0.25) is 0 Å². The lowest BCUT2D eigenvalue weighted by Crippen LogP contribution is -2.28. The first kappa shape index (κ1) is 26.4. The molecule has 40 heavy (non-hydrogen) atoms. The topological polar surface area (TPSA) is 92.3 Å². The van der Waals surface area contributed by atoms with E-state index in [4.69, 9.17) is 15.3 Å². The third-order valence-electron chi connectivity index (χ3n) is 5.59. The predicted molar refractivity (Wildman–Crippen MR) is 141 cm³/mol. The number of hydrogen-bond acceptors (Lipinski definition) is 8. The zero-order valence-electron chi connectivity index (χ0n) is 21.5. The van der Waals surface area contributed by atoms with E-state index < -0.39 is 37.0 Å². The molecule has 0 saturated carbocycles. The number of hydrogen-bond donors (Lipinski definition) is 0. The summed E-state index contributed by atoms with van der Waals surface area (Å²) in [6, 6.07) is 9.67. The minimum absolute atomic E-state index is 0.0169. The van der Waals surface area contributed by atoms with Gasteiger partial charge < -0.3 is 13.9 Å². The molecule has 5 aromatic rings.